The average molecular weight is 456 g/mol. The topological polar surface area (TPSA) is 99.6 Å². The number of para-hydroxylation sites is 1. The van der Waals surface area contributed by atoms with Crippen molar-refractivity contribution in [2.24, 2.45) is 7.05 Å². The Morgan fingerprint density at radius 2 is 1.97 bits per heavy atom. The number of carbonyl (C=O) groups is 1. The second kappa shape index (κ2) is 8.00. The summed E-state index contributed by atoms with van der Waals surface area (Å²) in [6.07, 6.45) is 3.84. The second-order valence-corrected chi connectivity index (χ2v) is 7.23. The lowest BCUT2D eigenvalue weighted by Gasteiger charge is -2.07. The Bertz CT molecular complexity index is 1230. The number of hydrogen-bond donors (Lipinski definition) is 1. The van der Waals surface area contributed by atoms with Crippen LogP contribution in [0.15, 0.2) is 58.3 Å². The van der Waals surface area contributed by atoms with Crippen molar-refractivity contribution in [1.82, 2.24) is 34.4 Å². The van der Waals surface area contributed by atoms with Gasteiger partial charge in [0.2, 0.25) is 5.91 Å². The molecule has 0 spiro atoms. The number of benzene rings is 1. The number of nitrogens with one attached hydrogen (secondary N) is 1. The van der Waals surface area contributed by atoms with Crippen LogP contribution in [0, 0.1) is 0 Å². The molecule has 9 nitrogen and oxygen atoms in total. The van der Waals surface area contributed by atoms with Crippen molar-refractivity contribution in [2.45, 2.75) is 13.0 Å². The van der Waals surface area contributed by atoms with Crippen LogP contribution in [-0.4, -0.2) is 41.6 Å². The van der Waals surface area contributed by atoms with Crippen LogP contribution in [0.25, 0.3) is 16.7 Å². The zero-order chi connectivity index (χ0) is 20.4. The largest absolute Gasteiger partial charge is 0.354 e. The van der Waals surface area contributed by atoms with E-state index in [1.54, 1.807) is 11.7 Å². The van der Waals surface area contributed by atoms with E-state index in [1.165, 1.54) is 15.6 Å². The SMILES string of the molecule is Cn1nc(Br)c2c(=O)n(CC(=O)NCCc3ccn(-c4ccccc4)n3)cnc21. The first-order valence-corrected chi connectivity index (χ1v) is 9.76. The molecular weight excluding hydrogens is 438 g/mol. The molecule has 3 heterocycles. The molecule has 0 bridgehead atoms. The van der Waals surface area contributed by atoms with Crippen LogP contribution in [0.4, 0.5) is 0 Å². The standard InChI is InChI=1S/C19H18BrN7O2/c1-25-18-16(17(20)24-25)19(29)26(12-22-18)11-15(28)21-9-7-13-8-10-27(23-13)14-5-3-2-4-6-14/h2-6,8,10,12H,7,9,11H2,1H3,(H,21,28). The fraction of sp³-hybridized carbons (Fsp3) is 0.211. The quantitative estimate of drug-likeness (QED) is 0.474. The zero-order valence-corrected chi connectivity index (χ0v) is 17.2. The van der Waals surface area contributed by atoms with Crippen LogP contribution in [-0.2, 0) is 24.8 Å². The highest BCUT2D eigenvalue weighted by molar-refractivity contribution is 9.10. The summed E-state index contributed by atoms with van der Waals surface area (Å²) in [5.74, 6) is -0.268. The normalized spacial score (nSPS) is 11.1. The molecule has 148 valence electrons. The van der Waals surface area contributed by atoms with Gasteiger partial charge in [0.1, 0.15) is 22.9 Å². The minimum absolute atomic E-state index is 0.110. The lowest BCUT2D eigenvalue weighted by molar-refractivity contribution is -0.121. The van der Waals surface area contributed by atoms with E-state index in [-0.39, 0.29) is 18.0 Å². The summed E-state index contributed by atoms with van der Waals surface area (Å²) in [6, 6.07) is 11.7. The van der Waals surface area contributed by atoms with E-state index in [9.17, 15) is 9.59 Å². The molecule has 29 heavy (non-hydrogen) atoms. The van der Waals surface area contributed by atoms with Crippen LogP contribution >= 0.6 is 15.9 Å². The third-order valence-electron chi connectivity index (χ3n) is 4.45. The maximum absolute atomic E-state index is 12.6. The van der Waals surface area contributed by atoms with Gasteiger partial charge >= 0.3 is 0 Å². The molecule has 1 amide bonds. The maximum Gasteiger partial charge on any atom is 0.266 e. The van der Waals surface area contributed by atoms with E-state index in [1.807, 2.05) is 42.6 Å². The van der Waals surface area contributed by atoms with Gasteiger partial charge in [0, 0.05) is 26.2 Å². The molecule has 1 N–H and O–H groups in total. The summed E-state index contributed by atoms with van der Waals surface area (Å²) in [4.78, 5) is 29.0. The number of aromatic nitrogens is 6. The monoisotopic (exact) mass is 455 g/mol. The first-order chi connectivity index (χ1) is 14.0. The summed E-state index contributed by atoms with van der Waals surface area (Å²) in [5.41, 5.74) is 2.00. The highest BCUT2D eigenvalue weighted by Crippen LogP contribution is 2.16. The Hall–Kier alpha value is -3.27. The van der Waals surface area contributed by atoms with E-state index < -0.39 is 0 Å². The second-order valence-electron chi connectivity index (χ2n) is 6.48. The van der Waals surface area contributed by atoms with Crippen LogP contribution in [0.2, 0.25) is 0 Å². The highest BCUT2D eigenvalue weighted by atomic mass is 79.9. The van der Waals surface area contributed by atoms with Gasteiger partial charge in [0.25, 0.3) is 5.56 Å². The summed E-state index contributed by atoms with van der Waals surface area (Å²) < 4.78 is 4.99. The lowest BCUT2D eigenvalue weighted by Crippen LogP contribution is -2.33. The molecule has 0 aliphatic carbocycles. The minimum Gasteiger partial charge on any atom is -0.354 e. The van der Waals surface area contributed by atoms with E-state index in [2.05, 4.69) is 36.4 Å². The molecule has 0 aliphatic rings. The molecule has 0 fully saturated rings. The van der Waals surface area contributed by atoms with E-state index in [4.69, 9.17) is 0 Å². The fourth-order valence-corrected chi connectivity index (χ4v) is 3.59. The molecule has 4 aromatic rings. The van der Waals surface area contributed by atoms with Crippen molar-refractivity contribution in [3.8, 4) is 5.69 Å². The number of aryl methyl sites for hydroxylation is 1. The number of carbonyl (C=O) groups excluding carboxylic acids is 1. The van der Waals surface area contributed by atoms with Crippen LogP contribution in [0.1, 0.15) is 5.69 Å². The van der Waals surface area contributed by atoms with E-state index >= 15 is 0 Å². The summed E-state index contributed by atoms with van der Waals surface area (Å²) in [5, 5.41) is 11.8. The van der Waals surface area contributed by atoms with Gasteiger partial charge in [-0.25, -0.2) is 14.3 Å². The molecule has 10 heteroatoms. The lowest BCUT2D eigenvalue weighted by atomic mass is 10.3. The van der Waals surface area contributed by atoms with Crippen LogP contribution in [0.3, 0.4) is 0 Å². The predicted molar refractivity (Wildman–Crippen MR) is 111 cm³/mol. The van der Waals surface area contributed by atoms with Gasteiger partial charge in [-0.2, -0.15) is 10.2 Å². The van der Waals surface area contributed by atoms with E-state index in [0.717, 1.165) is 11.4 Å². The molecule has 1 aromatic carbocycles. The van der Waals surface area contributed by atoms with Crippen molar-refractivity contribution >= 4 is 32.9 Å². The van der Waals surface area contributed by atoms with Gasteiger partial charge < -0.3 is 5.32 Å². The molecule has 0 aliphatic heterocycles. The van der Waals surface area contributed by atoms with Gasteiger partial charge in [0.05, 0.1) is 11.4 Å². The van der Waals surface area contributed by atoms with Gasteiger partial charge in [-0.3, -0.25) is 14.2 Å². The number of hydrogen-bond acceptors (Lipinski definition) is 5. The maximum atomic E-state index is 12.6. The molecule has 0 atom stereocenters. The molecule has 4 rings (SSSR count). The van der Waals surface area contributed by atoms with Gasteiger partial charge in [0.15, 0.2) is 5.65 Å². The molecule has 0 saturated carbocycles. The Morgan fingerprint density at radius 1 is 1.17 bits per heavy atom. The van der Waals surface area contributed by atoms with Crippen molar-refractivity contribution in [3.05, 3.63) is 69.6 Å². The van der Waals surface area contributed by atoms with Crippen molar-refractivity contribution in [3.63, 3.8) is 0 Å². The summed E-state index contributed by atoms with van der Waals surface area (Å²) in [6.45, 7) is 0.313. The molecule has 3 aromatic heterocycles. The molecule has 0 saturated heterocycles. The minimum atomic E-state index is -0.313. The molecular formula is C19H18BrN7O2. The van der Waals surface area contributed by atoms with Crippen molar-refractivity contribution in [1.29, 1.82) is 0 Å². The zero-order valence-electron chi connectivity index (χ0n) is 15.6. The fourth-order valence-electron chi connectivity index (χ4n) is 3.01. The number of fused-ring (bicyclic) bond motifs is 1. The number of amides is 1. The third kappa shape index (κ3) is 3.97. The Morgan fingerprint density at radius 3 is 2.76 bits per heavy atom. The number of nitrogens with zero attached hydrogens (tertiary/aromatic N) is 6. The predicted octanol–water partition coefficient (Wildman–Crippen LogP) is 1.44. The van der Waals surface area contributed by atoms with Gasteiger partial charge in [-0.1, -0.05) is 18.2 Å². The summed E-state index contributed by atoms with van der Waals surface area (Å²) >= 11 is 3.26. The van der Waals surface area contributed by atoms with Crippen molar-refractivity contribution < 1.29 is 4.79 Å². The van der Waals surface area contributed by atoms with Crippen molar-refractivity contribution in [2.75, 3.05) is 6.54 Å². The Labute approximate surface area is 174 Å². The van der Waals surface area contributed by atoms with E-state index in [0.29, 0.717) is 28.6 Å². The smallest absolute Gasteiger partial charge is 0.266 e. The molecule has 0 radical (unpaired) electrons. The number of rotatable bonds is 6. The highest BCUT2D eigenvalue weighted by Gasteiger charge is 2.15. The first-order valence-electron chi connectivity index (χ1n) is 8.97. The average Bonchev–Trinajstić information content (AvgIpc) is 3.29. The van der Waals surface area contributed by atoms with Gasteiger partial charge in [-0.15, -0.1) is 0 Å². The first kappa shape index (κ1) is 19.1. The number of halogens is 1. The summed E-state index contributed by atoms with van der Waals surface area (Å²) in [7, 11) is 1.70. The van der Waals surface area contributed by atoms with Crippen LogP contribution in [0.5, 0.6) is 0 Å². The van der Waals surface area contributed by atoms with Crippen LogP contribution < -0.4 is 10.9 Å². The Kier molecular flexibility index (Phi) is 5.26. The Balaban J connectivity index is 1.36. The van der Waals surface area contributed by atoms with Gasteiger partial charge in [-0.05, 0) is 34.1 Å². The molecule has 0 unspecified atom stereocenters. The third-order valence-corrected chi connectivity index (χ3v) is 5.01.